The summed E-state index contributed by atoms with van der Waals surface area (Å²) in [5, 5.41) is 2.62. The zero-order chi connectivity index (χ0) is 18.5. The maximum atomic E-state index is 13.7. The number of halogens is 1. The molecule has 2 saturated heterocycles. The fourth-order valence-corrected chi connectivity index (χ4v) is 3.65. The molecule has 1 unspecified atom stereocenters. The van der Waals surface area contributed by atoms with Crippen molar-refractivity contribution >= 4 is 17.6 Å². The van der Waals surface area contributed by atoms with E-state index in [-0.39, 0.29) is 23.7 Å². The first-order valence-electron chi connectivity index (χ1n) is 9.39. The second kappa shape index (κ2) is 8.49. The molecule has 1 aromatic rings. The maximum Gasteiger partial charge on any atom is 0.321 e. The lowest BCUT2D eigenvalue weighted by molar-refractivity contribution is -0.135. The van der Waals surface area contributed by atoms with Gasteiger partial charge in [-0.05, 0) is 51.4 Å². The van der Waals surface area contributed by atoms with Crippen LogP contribution in [0.3, 0.4) is 0 Å². The molecule has 1 N–H and O–H groups in total. The van der Waals surface area contributed by atoms with Crippen molar-refractivity contribution in [1.82, 2.24) is 14.7 Å². The minimum atomic E-state index is -0.452. The van der Waals surface area contributed by atoms with Crippen molar-refractivity contribution < 1.29 is 14.0 Å². The molecule has 3 rings (SSSR count). The molecule has 1 aromatic carbocycles. The Morgan fingerprint density at radius 3 is 2.35 bits per heavy atom. The highest BCUT2D eigenvalue weighted by Crippen LogP contribution is 2.16. The van der Waals surface area contributed by atoms with E-state index in [2.05, 4.69) is 10.2 Å². The molecule has 2 aliphatic rings. The summed E-state index contributed by atoms with van der Waals surface area (Å²) in [6.07, 6.45) is 3.03. The first kappa shape index (κ1) is 18.6. The van der Waals surface area contributed by atoms with E-state index in [0.29, 0.717) is 26.2 Å². The van der Waals surface area contributed by atoms with Crippen LogP contribution in [0.2, 0.25) is 0 Å². The number of nitrogens with one attached hydrogen (secondary N) is 1. The van der Waals surface area contributed by atoms with Crippen LogP contribution in [-0.2, 0) is 4.79 Å². The van der Waals surface area contributed by atoms with Crippen LogP contribution >= 0.6 is 0 Å². The Balaban J connectivity index is 1.55. The summed E-state index contributed by atoms with van der Waals surface area (Å²) in [7, 11) is 0. The molecule has 0 aromatic heterocycles. The van der Waals surface area contributed by atoms with Crippen molar-refractivity contribution in [2.24, 2.45) is 0 Å². The molecule has 0 radical (unpaired) electrons. The van der Waals surface area contributed by atoms with Gasteiger partial charge in [-0.3, -0.25) is 9.69 Å². The molecule has 2 fully saturated rings. The van der Waals surface area contributed by atoms with Gasteiger partial charge in [-0.25, -0.2) is 9.18 Å². The Morgan fingerprint density at radius 1 is 0.962 bits per heavy atom. The van der Waals surface area contributed by atoms with Crippen molar-refractivity contribution in [3.8, 4) is 0 Å². The standard InChI is InChI=1S/C19H27FN4O2/c1-15(22-9-4-5-10-22)18(25)23-11-6-12-24(14-13-23)19(26)21-17-8-3-2-7-16(17)20/h2-3,7-8,15H,4-6,9-14H2,1H3,(H,21,26). The number of amides is 3. The zero-order valence-electron chi connectivity index (χ0n) is 15.3. The van der Waals surface area contributed by atoms with Gasteiger partial charge in [0.15, 0.2) is 0 Å². The van der Waals surface area contributed by atoms with Gasteiger partial charge in [-0.2, -0.15) is 0 Å². The summed E-state index contributed by atoms with van der Waals surface area (Å²) in [6.45, 7) is 6.13. The van der Waals surface area contributed by atoms with Crippen LogP contribution in [0.1, 0.15) is 26.2 Å². The molecule has 0 aliphatic carbocycles. The van der Waals surface area contributed by atoms with Crippen LogP contribution in [0.25, 0.3) is 0 Å². The number of carbonyl (C=O) groups excluding carboxylic acids is 2. The van der Waals surface area contributed by atoms with E-state index in [1.165, 1.54) is 6.07 Å². The second-order valence-corrected chi connectivity index (χ2v) is 6.99. The molecular weight excluding hydrogens is 335 g/mol. The molecule has 7 heteroatoms. The Morgan fingerprint density at radius 2 is 1.62 bits per heavy atom. The van der Waals surface area contributed by atoms with E-state index in [9.17, 15) is 14.0 Å². The van der Waals surface area contributed by atoms with Crippen LogP contribution in [0, 0.1) is 5.82 Å². The average molecular weight is 362 g/mol. The number of carbonyl (C=O) groups is 2. The number of rotatable bonds is 3. The molecule has 0 spiro atoms. The normalized spacial score (nSPS) is 19.9. The highest BCUT2D eigenvalue weighted by atomic mass is 19.1. The lowest BCUT2D eigenvalue weighted by Gasteiger charge is -2.29. The molecule has 26 heavy (non-hydrogen) atoms. The predicted octanol–water partition coefficient (Wildman–Crippen LogP) is 2.38. The van der Waals surface area contributed by atoms with Gasteiger partial charge in [-0.1, -0.05) is 12.1 Å². The lowest BCUT2D eigenvalue weighted by Crippen LogP contribution is -2.47. The van der Waals surface area contributed by atoms with Crippen molar-refractivity contribution in [1.29, 1.82) is 0 Å². The third-order valence-electron chi connectivity index (χ3n) is 5.26. The molecule has 142 valence electrons. The van der Waals surface area contributed by atoms with Gasteiger partial charge < -0.3 is 15.1 Å². The highest BCUT2D eigenvalue weighted by Gasteiger charge is 2.29. The smallest absolute Gasteiger partial charge is 0.321 e. The monoisotopic (exact) mass is 362 g/mol. The van der Waals surface area contributed by atoms with Gasteiger partial charge in [0.2, 0.25) is 5.91 Å². The molecular formula is C19H27FN4O2. The summed E-state index contributed by atoms with van der Waals surface area (Å²) in [6, 6.07) is 5.70. The van der Waals surface area contributed by atoms with Gasteiger partial charge in [0, 0.05) is 26.2 Å². The number of likely N-dealkylation sites (tertiary alicyclic amines) is 1. The second-order valence-electron chi connectivity index (χ2n) is 6.99. The minimum absolute atomic E-state index is 0.101. The summed E-state index contributed by atoms with van der Waals surface area (Å²) < 4.78 is 13.7. The van der Waals surface area contributed by atoms with Crippen LogP contribution in [0.15, 0.2) is 24.3 Å². The summed E-state index contributed by atoms with van der Waals surface area (Å²) >= 11 is 0. The maximum absolute atomic E-state index is 13.7. The third-order valence-corrected chi connectivity index (χ3v) is 5.26. The van der Waals surface area contributed by atoms with Crippen molar-refractivity contribution in [3.63, 3.8) is 0 Å². The number of anilines is 1. The fraction of sp³-hybridized carbons (Fsp3) is 0.579. The molecule has 1 atom stereocenters. The highest BCUT2D eigenvalue weighted by molar-refractivity contribution is 5.89. The van der Waals surface area contributed by atoms with Gasteiger partial charge in [0.25, 0.3) is 0 Å². The predicted molar refractivity (Wildman–Crippen MR) is 98.5 cm³/mol. The van der Waals surface area contributed by atoms with Crippen LogP contribution in [0.4, 0.5) is 14.9 Å². The number of para-hydroxylation sites is 1. The molecule has 3 amide bonds. The first-order chi connectivity index (χ1) is 12.6. The molecule has 2 heterocycles. The van der Waals surface area contributed by atoms with E-state index in [1.54, 1.807) is 23.1 Å². The van der Waals surface area contributed by atoms with Gasteiger partial charge >= 0.3 is 6.03 Å². The van der Waals surface area contributed by atoms with Gasteiger partial charge in [-0.15, -0.1) is 0 Å². The van der Waals surface area contributed by atoms with E-state index in [0.717, 1.165) is 32.4 Å². The quantitative estimate of drug-likeness (QED) is 0.898. The van der Waals surface area contributed by atoms with Crippen LogP contribution in [-0.4, -0.2) is 71.9 Å². The number of hydrogen-bond acceptors (Lipinski definition) is 3. The Hall–Kier alpha value is -2.15. The summed E-state index contributed by atoms with van der Waals surface area (Å²) in [5.74, 6) is -0.310. The Kier molecular flexibility index (Phi) is 6.08. The van der Waals surface area contributed by atoms with Crippen LogP contribution in [0.5, 0.6) is 0 Å². The topological polar surface area (TPSA) is 55.9 Å². The SMILES string of the molecule is CC(C(=O)N1CCCN(C(=O)Nc2ccccc2F)CC1)N1CCCC1. The van der Waals surface area contributed by atoms with E-state index >= 15 is 0 Å². The lowest BCUT2D eigenvalue weighted by atomic mass is 10.2. The molecule has 6 nitrogen and oxygen atoms in total. The summed E-state index contributed by atoms with van der Waals surface area (Å²) in [5.41, 5.74) is 0.178. The molecule has 0 saturated carbocycles. The fourth-order valence-electron chi connectivity index (χ4n) is 3.65. The Labute approximate surface area is 153 Å². The Bertz CT molecular complexity index is 648. The van der Waals surface area contributed by atoms with Crippen LogP contribution < -0.4 is 5.32 Å². The van der Waals surface area contributed by atoms with Crippen molar-refractivity contribution in [2.75, 3.05) is 44.6 Å². The van der Waals surface area contributed by atoms with Crippen molar-refractivity contribution in [2.45, 2.75) is 32.2 Å². The molecule has 2 aliphatic heterocycles. The van der Waals surface area contributed by atoms with Gasteiger partial charge in [0.1, 0.15) is 5.82 Å². The van der Waals surface area contributed by atoms with E-state index in [1.807, 2.05) is 11.8 Å². The minimum Gasteiger partial charge on any atom is -0.340 e. The van der Waals surface area contributed by atoms with E-state index in [4.69, 9.17) is 0 Å². The molecule has 0 bridgehead atoms. The van der Waals surface area contributed by atoms with Gasteiger partial charge in [0.05, 0.1) is 11.7 Å². The third kappa shape index (κ3) is 4.33. The number of nitrogens with zero attached hydrogens (tertiary/aromatic N) is 3. The zero-order valence-corrected chi connectivity index (χ0v) is 15.3. The summed E-state index contributed by atoms with van der Waals surface area (Å²) in [4.78, 5) is 30.9. The number of benzene rings is 1. The first-order valence-corrected chi connectivity index (χ1v) is 9.39. The number of urea groups is 1. The van der Waals surface area contributed by atoms with Crippen molar-refractivity contribution in [3.05, 3.63) is 30.1 Å². The average Bonchev–Trinajstić information content (AvgIpc) is 3.06. The largest absolute Gasteiger partial charge is 0.340 e. The van der Waals surface area contributed by atoms with E-state index < -0.39 is 5.82 Å². The number of hydrogen-bond donors (Lipinski definition) is 1.